The fourth-order valence-corrected chi connectivity index (χ4v) is 2.64. The van der Waals surface area contributed by atoms with E-state index in [1.165, 1.54) is 12.7 Å². The zero-order valence-electron chi connectivity index (χ0n) is 13.7. The van der Waals surface area contributed by atoms with Gasteiger partial charge < -0.3 is 15.2 Å². The molecule has 1 unspecified atom stereocenters. The Kier molecular flexibility index (Phi) is 4.75. The minimum atomic E-state index is -0.597. The number of benzene rings is 1. The van der Waals surface area contributed by atoms with Crippen LogP contribution in [0.2, 0.25) is 0 Å². The van der Waals surface area contributed by atoms with E-state index in [9.17, 15) is 10.1 Å². The molecule has 0 fully saturated rings. The van der Waals surface area contributed by atoms with Crippen molar-refractivity contribution in [2.75, 3.05) is 7.11 Å². The van der Waals surface area contributed by atoms with Crippen LogP contribution in [0.15, 0.2) is 47.1 Å². The normalized spacial score (nSPS) is 17.8. The predicted molar refractivity (Wildman–Crippen MR) is 85.9 cm³/mol. The highest BCUT2D eigenvalue weighted by Crippen LogP contribution is 2.39. The molecular weight excluding hydrogens is 292 g/mol. The van der Waals surface area contributed by atoms with Crippen molar-refractivity contribution >= 4 is 5.97 Å². The fourth-order valence-electron chi connectivity index (χ4n) is 2.64. The number of nitrogens with zero attached hydrogens (tertiary/aromatic N) is 1. The van der Waals surface area contributed by atoms with Gasteiger partial charge in [0.1, 0.15) is 11.3 Å². The lowest BCUT2D eigenvalue weighted by Crippen LogP contribution is -2.25. The quantitative estimate of drug-likeness (QED) is 0.867. The van der Waals surface area contributed by atoms with Crippen molar-refractivity contribution in [2.45, 2.75) is 32.6 Å². The molecule has 5 nitrogen and oxygen atoms in total. The third-order valence-corrected chi connectivity index (χ3v) is 3.95. The third kappa shape index (κ3) is 3.07. The van der Waals surface area contributed by atoms with E-state index in [1.807, 2.05) is 24.3 Å². The highest BCUT2D eigenvalue weighted by molar-refractivity contribution is 5.92. The topological polar surface area (TPSA) is 85.3 Å². The number of ether oxygens (including phenoxy) is 2. The number of nitriles is 1. The second kappa shape index (κ2) is 6.57. The molecule has 1 heterocycles. The number of allylic oxidation sites excluding steroid dienone is 2. The molecular formula is C18H20N2O3. The highest BCUT2D eigenvalue weighted by Gasteiger charge is 2.36. The molecule has 0 aromatic heterocycles. The minimum Gasteiger partial charge on any atom is -0.465 e. The fraction of sp³-hybridized carbons (Fsp3) is 0.333. The third-order valence-electron chi connectivity index (χ3n) is 3.95. The van der Waals surface area contributed by atoms with Crippen LogP contribution in [0.1, 0.15) is 43.7 Å². The maximum absolute atomic E-state index is 12.1. The summed E-state index contributed by atoms with van der Waals surface area (Å²) in [6.07, 6.45) is 0. The Morgan fingerprint density at radius 1 is 1.35 bits per heavy atom. The molecule has 0 radical (unpaired) electrons. The second-order valence-electron chi connectivity index (χ2n) is 5.71. The molecule has 2 N–H and O–H groups in total. The van der Waals surface area contributed by atoms with Gasteiger partial charge in [0.25, 0.3) is 0 Å². The summed E-state index contributed by atoms with van der Waals surface area (Å²) in [5, 5.41) is 9.49. The van der Waals surface area contributed by atoms with E-state index in [2.05, 4.69) is 19.9 Å². The van der Waals surface area contributed by atoms with Crippen LogP contribution in [0.5, 0.6) is 0 Å². The van der Waals surface area contributed by atoms with Crippen LogP contribution in [-0.4, -0.2) is 13.1 Å². The molecule has 2 rings (SSSR count). The molecule has 1 aliphatic rings. The van der Waals surface area contributed by atoms with Gasteiger partial charge in [0.05, 0.1) is 24.7 Å². The van der Waals surface area contributed by atoms with Crippen LogP contribution in [0.3, 0.4) is 0 Å². The van der Waals surface area contributed by atoms with E-state index >= 15 is 0 Å². The van der Waals surface area contributed by atoms with Crippen molar-refractivity contribution in [1.29, 1.82) is 5.26 Å². The van der Waals surface area contributed by atoms with Crippen LogP contribution in [0.4, 0.5) is 0 Å². The number of esters is 1. The Morgan fingerprint density at radius 2 is 1.96 bits per heavy atom. The van der Waals surface area contributed by atoms with Gasteiger partial charge in [0.2, 0.25) is 5.88 Å². The molecule has 120 valence electrons. The first kappa shape index (κ1) is 16.6. The van der Waals surface area contributed by atoms with E-state index < -0.39 is 11.9 Å². The summed E-state index contributed by atoms with van der Waals surface area (Å²) in [5.41, 5.74) is 8.38. The molecule has 23 heavy (non-hydrogen) atoms. The Hall–Kier alpha value is -2.74. The average molecular weight is 312 g/mol. The van der Waals surface area contributed by atoms with Gasteiger partial charge in [0, 0.05) is 0 Å². The number of hydrogen-bond acceptors (Lipinski definition) is 5. The van der Waals surface area contributed by atoms with Crippen molar-refractivity contribution in [2.24, 2.45) is 5.73 Å². The first-order valence-corrected chi connectivity index (χ1v) is 7.37. The summed E-state index contributed by atoms with van der Waals surface area (Å²) < 4.78 is 10.2. The smallest absolute Gasteiger partial charge is 0.340 e. The lowest BCUT2D eigenvalue weighted by Gasteiger charge is -2.26. The van der Waals surface area contributed by atoms with Gasteiger partial charge in [-0.1, -0.05) is 38.1 Å². The van der Waals surface area contributed by atoms with Gasteiger partial charge >= 0.3 is 5.97 Å². The Morgan fingerprint density at radius 3 is 2.43 bits per heavy atom. The SMILES string of the molecule is COC(=O)C1=C(N)OC(C)=C(C#N)C1c1ccc(C(C)C)cc1. The molecule has 1 aromatic carbocycles. The van der Waals surface area contributed by atoms with Gasteiger partial charge in [-0.2, -0.15) is 5.26 Å². The van der Waals surface area contributed by atoms with Crippen LogP contribution in [0.25, 0.3) is 0 Å². The first-order valence-electron chi connectivity index (χ1n) is 7.37. The van der Waals surface area contributed by atoms with Crippen LogP contribution < -0.4 is 5.73 Å². The molecule has 1 atom stereocenters. The maximum Gasteiger partial charge on any atom is 0.340 e. The van der Waals surface area contributed by atoms with E-state index in [4.69, 9.17) is 15.2 Å². The molecule has 0 saturated heterocycles. The van der Waals surface area contributed by atoms with Crippen LogP contribution >= 0.6 is 0 Å². The van der Waals surface area contributed by atoms with Crippen molar-refractivity contribution in [3.05, 3.63) is 58.2 Å². The van der Waals surface area contributed by atoms with Gasteiger partial charge in [-0.05, 0) is 24.0 Å². The molecule has 0 aliphatic carbocycles. The van der Waals surface area contributed by atoms with Crippen LogP contribution in [-0.2, 0) is 14.3 Å². The molecule has 5 heteroatoms. The number of carbonyl (C=O) groups is 1. The Bertz CT molecular complexity index is 722. The lowest BCUT2D eigenvalue weighted by atomic mass is 9.82. The minimum absolute atomic E-state index is 0.0220. The molecule has 1 aliphatic heterocycles. The predicted octanol–water partition coefficient (Wildman–Crippen LogP) is 3.06. The first-order chi connectivity index (χ1) is 10.9. The molecule has 1 aromatic rings. The van der Waals surface area contributed by atoms with Crippen molar-refractivity contribution in [3.63, 3.8) is 0 Å². The van der Waals surface area contributed by atoms with Gasteiger partial charge in [-0.15, -0.1) is 0 Å². The number of rotatable bonds is 3. The number of carbonyl (C=O) groups excluding carboxylic acids is 1. The number of nitrogens with two attached hydrogens (primary N) is 1. The Labute approximate surface area is 136 Å². The second-order valence-corrected chi connectivity index (χ2v) is 5.71. The summed E-state index contributed by atoms with van der Waals surface area (Å²) in [4.78, 5) is 12.1. The van der Waals surface area contributed by atoms with Crippen molar-refractivity contribution in [1.82, 2.24) is 0 Å². The summed E-state index contributed by atoms with van der Waals surface area (Å²) in [6.45, 7) is 5.87. The van der Waals surface area contributed by atoms with Gasteiger partial charge in [-0.3, -0.25) is 0 Å². The number of hydrogen-bond donors (Lipinski definition) is 1. The largest absolute Gasteiger partial charge is 0.465 e. The molecule has 0 bridgehead atoms. The zero-order chi connectivity index (χ0) is 17.1. The van der Waals surface area contributed by atoms with Gasteiger partial charge in [0.15, 0.2) is 0 Å². The summed E-state index contributed by atoms with van der Waals surface area (Å²) in [6, 6.07) is 9.93. The van der Waals surface area contributed by atoms with Crippen molar-refractivity contribution in [3.8, 4) is 6.07 Å². The summed E-state index contributed by atoms with van der Waals surface area (Å²) in [5.74, 6) is -0.405. The highest BCUT2D eigenvalue weighted by atomic mass is 16.5. The van der Waals surface area contributed by atoms with Crippen LogP contribution in [0, 0.1) is 11.3 Å². The van der Waals surface area contributed by atoms with E-state index in [0.29, 0.717) is 17.3 Å². The molecule has 0 spiro atoms. The standard InChI is InChI=1S/C18H20N2O3/c1-10(2)12-5-7-13(8-6-12)15-14(9-19)11(3)23-17(20)16(15)18(21)22-4/h5-8,10,15H,20H2,1-4H3. The number of methoxy groups -OCH3 is 1. The van der Waals surface area contributed by atoms with Crippen molar-refractivity contribution < 1.29 is 14.3 Å². The maximum atomic E-state index is 12.1. The zero-order valence-corrected chi connectivity index (χ0v) is 13.7. The summed E-state index contributed by atoms with van der Waals surface area (Å²) in [7, 11) is 1.28. The van der Waals surface area contributed by atoms with E-state index in [0.717, 1.165) is 5.56 Å². The molecule has 0 amide bonds. The average Bonchev–Trinajstić information content (AvgIpc) is 2.53. The van der Waals surface area contributed by atoms with E-state index in [1.54, 1.807) is 6.92 Å². The van der Waals surface area contributed by atoms with Gasteiger partial charge in [-0.25, -0.2) is 4.79 Å². The molecule has 0 saturated carbocycles. The Balaban J connectivity index is 2.58. The van der Waals surface area contributed by atoms with E-state index in [-0.39, 0.29) is 11.5 Å². The monoisotopic (exact) mass is 312 g/mol. The lowest BCUT2D eigenvalue weighted by molar-refractivity contribution is -0.136. The summed E-state index contributed by atoms with van der Waals surface area (Å²) >= 11 is 0.